The number of H-pyrrole nitrogens is 1. The first-order chi connectivity index (χ1) is 7.20. The molecule has 0 saturated carbocycles. The van der Waals surface area contributed by atoms with Gasteiger partial charge in [-0.25, -0.2) is 0 Å². The fraction of sp³-hybridized carbons (Fsp3) is 0.182. The molecule has 0 radical (unpaired) electrons. The third kappa shape index (κ3) is 2.04. The Morgan fingerprint density at radius 1 is 1.40 bits per heavy atom. The minimum Gasteiger partial charge on any atom is -0.268 e. The van der Waals surface area contributed by atoms with Gasteiger partial charge in [-0.2, -0.15) is 0 Å². The average molecular weight is 267 g/mol. The van der Waals surface area contributed by atoms with Crippen LogP contribution in [0.5, 0.6) is 0 Å². The topological polar surface area (TPSA) is 37.8 Å². The summed E-state index contributed by atoms with van der Waals surface area (Å²) in [4.78, 5) is 11.2. The van der Waals surface area contributed by atoms with E-state index in [-0.39, 0.29) is 5.56 Å². The van der Waals surface area contributed by atoms with Crippen LogP contribution in [0.1, 0.15) is 12.6 Å². The van der Waals surface area contributed by atoms with Gasteiger partial charge in [-0.1, -0.05) is 28.9 Å². The van der Waals surface area contributed by atoms with Crippen molar-refractivity contribution in [3.8, 4) is 5.69 Å². The molecule has 0 bridgehead atoms. The maximum atomic E-state index is 11.2. The highest BCUT2D eigenvalue weighted by Gasteiger charge is 2.04. The number of rotatable bonds is 2. The van der Waals surface area contributed by atoms with Gasteiger partial charge in [0.05, 0.1) is 5.69 Å². The third-order valence-electron chi connectivity index (χ3n) is 2.24. The fourth-order valence-corrected chi connectivity index (χ4v) is 1.92. The van der Waals surface area contributed by atoms with E-state index in [0.29, 0.717) is 0 Å². The monoisotopic (exact) mass is 266 g/mol. The second kappa shape index (κ2) is 4.06. The Bertz CT molecular complexity index is 527. The molecular weight excluding hydrogens is 256 g/mol. The second-order valence-electron chi connectivity index (χ2n) is 3.28. The number of benzene rings is 1. The SMILES string of the molecule is CCc1cc(=O)[nH]n1-c1cccc(Br)c1. The van der Waals surface area contributed by atoms with Crippen molar-refractivity contribution in [3.63, 3.8) is 0 Å². The highest BCUT2D eigenvalue weighted by Crippen LogP contribution is 2.15. The van der Waals surface area contributed by atoms with E-state index in [1.807, 2.05) is 35.9 Å². The van der Waals surface area contributed by atoms with Gasteiger partial charge in [0, 0.05) is 16.2 Å². The molecule has 2 aromatic rings. The van der Waals surface area contributed by atoms with Crippen LogP contribution in [0.4, 0.5) is 0 Å². The molecule has 78 valence electrons. The van der Waals surface area contributed by atoms with Crippen LogP contribution in [0.25, 0.3) is 5.69 Å². The molecule has 1 aromatic heterocycles. The molecule has 0 saturated heterocycles. The quantitative estimate of drug-likeness (QED) is 0.891. The predicted molar refractivity (Wildman–Crippen MR) is 63.5 cm³/mol. The smallest absolute Gasteiger partial charge is 0.264 e. The summed E-state index contributed by atoms with van der Waals surface area (Å²) >= 11 is 3.41. The lowest BCUT2D eigenvalue weighted by atomic mass is 10.3. The van der Waals surface area contributed by atoms with E-state index in [1.165, 1.54) is 0 Å². The second-order valence-corrected chi connectivity index (χ2v) is 4.20. The standard InChI is InChI=1S/C11H11BrN2O/c1-2-9-7-11(15)13-14(9)10-5-3-4-8(12)6-10/h3-7H,2H2,1H3,(H,13,15). The molecule has 0 aliphatic rings. The van der Waals surface area contributed by atoms with Crippen molar-refractivity contribution in [1.82, 2.24) is 9.78 Å². The van der Waals surface area contributed by atoms with Crippen molar-refractivity contribution in [2.24, 2.45) is 0 Å². The zero-order chi connectivity index (χ0) is 10.8. The number of aromatic amines is 1. The van der Waals surface area contributed by atoms with Gasteiger partial charge in [0.1, 0.15) is 0 Å². The number of hydrogen-bond acceptors (Lipinski definition) is 1. The Labute approximate surface area is 95.9 Å². The van der Waals surface area contributed by atoms with Crippen LogP contribution in [0, 0.1) is 0 Å². The lowest BCUT2D eigenvalue weighted by molar-refractivity contribution is 0.804. The number of halogens is 1. The Balaban J connectivity index is 2.57. The first-order valence-corrected chi connectivity index (χ1v) is 5.57. The van der Waals surface area contributed by atoms with E-state index in [4.69, 9.17) is 0 Å². The first kappa shape index (κ1) is 10.2. The summed E-state index contributed by atoms with van der Waals surface area (Å²) in [5.74, 6) is 0. The Kier molecular flexibility index (Phi) is 2.77. The molecule has 0 spiro atoms. The molecule has 0 amide bonds. The van der Waals surface area contributed by atoms with E-state index in [9.17, 15) is 4.79 Å². The van der Waals surface area contributed by atoms with Gasteiger partial charge in [0.2, 0.25) is 0 Å². The zero-order valence-electron chi connectivity index (χ0n) is 8.33. The van der Waals surface area contributed by atoms with Gasteiger partial charge in [-0.15, -0.1) is 0 Å². The fourth-order valence-electron chi connectivity index (χ4n) is 1.54. The predicted octanol–water partition coefficient (Wildman–Crippen LogP) is 2.49. The number of nitrogens with one attached hydrogen (secondary N) is 1. The largest absolute Gasteiger partial charge is 0.268 e. The Morgan fingerprint density at radius 3 is 2.87 bits per heavy atom. The first-order valence-electron chi connectivity index (χ1n) is 4.77. The highest BCUT2D eigenvalue weighted by molar-refractivity contribution is 9.10. The molecule has 4 heteroatoms. The molecule has 0 fully saturated rings. The molecule has 15 heavy (non-hydrogen) atoms. The van der Waals surface area contributed by atoms with E-state index < -0.39 is 0 Å². The normalized spacial score (nSPS) is 10.5. The van der Waals surface area contributed by atoms with Crippen molar-refractivity contribution in [2.45, 2.75) is 13.3 Å². The van der Waals surface area contributed by atoms with Crippen LogP contribution in [-0.4, -0.2) is 9.78 Å². The minimum atomic E-state index is -0.0631. The molecule has 1 heterocycles. The van der Waals surface area contributed by atoms with Crippen LogP contribution in [0.3, 0.4) is 0 Å². The van der Waals surface area contributed by atoms with Crippen LogP contribution < -0.4 is 5.56 Å². The van der Waals surface area contributed by atoms with Gasteiger partial charge in [0.15, 0.2) is 0 Å². The summed E-state index contributed by atoms with van der Waals surface area (Å²) in [6, 6.07) is 9.45. The number of aryl methyl sites for hydroxylation is 1. The highest BCUT2D eigenvalue weighted by atomic mass is 79.9. The maximum absolute atomic E-state index is 11.2. The van der Waals surface area contributed by atoms with Gasteiger partial charge >= 0.3 is 0 Å². The van der Waals surface area contributed by atoms with Crippen molar-refractivity contribution in [2.75, 3.05) is 0 Å². The molecule has 3 nitrogen and oxygen atoms in total. The van der Waals surface area contributed by atoms with Gasteiger partial charge in [0.25, 0.3) is 5.56 Å². The van der Waals surface area contributed by atoms with E-state index in [0.717, 1.165) is 22.3 Å². The van der Waals surface area contributed by atoms with Gasteiger partial charge in [-0.05, 0) is 24.6 Å². The minimum absolute atomic E-state index is 0.0631. The molecule has 2 rings (SSSR count). The van der Waals surface area contributed by atoms with Crippen LogP contribution in [-0.2, 0) is 6.42 Å². The van der Waals surface area contributed by atoms with Crippen LogP contribution in [0.15, 0.2) is 39.6 Å². The number of hydrogen-bond donors (Lipinski definition) is 1. The van der Waals surface area contributed by atoms with Crippen molar-refractivity contribution in [1.29, 1.82) is 0 Å². The molecule has 1 aromatic carbocycles. The van der Waals surface area contributed by atoms with Crippen molar-refractivity contribution < 1.29 is 0 Å². The lowest BCUT2D eigenvalue weighted by Crippen LogP contribution is -2.04. The lowest BCUT2D eigenvalue weighted by Gasteiger charge is -2.06. The molecular formula is C11H11BrN2O. The van der Waals surface area contributed by atoms with E-state index in [2.05, 4.69) is 21.0 Å². The molecule has 0 unspecified atom stereocenters. The maximum Gasteiger partial charge on any atom is 0.264 e. The summed E-state index contributed by atoms with van der Waals surface area (Å²) in [5.41, 5.74) is 1.88. The number of nitrogens with zero attached hydrogens (tertiary/aromatic N) is 1. The van der Waals surface area contributed by atoms with E-state index in [1.54, 1.807) is 6.07 Å². The molecule has 1 N–H and O–H groups in total. The average Bonchev–Trinajstić information content (AvgIpc) is 2.59. The van der Waals surface area contributed by atoms with E-state index >= 15 is 0 Å². The van der Waals surface area contributed by atoms with Gasteiger partial charge in [-0.3, -0.25) is 14.6 Å². The molecule has 0 aliphatic carbocycles. The molecule has 0 aliphatic heterocycles. The van der Waals surface area contributed by atoms with Gasteiger partial charge < -0.3 is 0 Å². The Morgan fingerprint density at radius 2 is 2.20 bits per heavy atom. The number of aromatic nitrogens is 2. The van der Waals surface area contributed by atoms with Crippen LogP contribution in [0.2, 0.25) is 0 Å². The third-order valence-corrected chi connectivity index (χ3v) is 2.73. The van der Waals surface area contributed by atoms with Crippen molar-refractivity contribution in [3.05, 3.63) is 50.9 Å². The Hall–Kier alpha value is -1.29. The summed E-state index contributed by atoms with van der Waals surface area (Å²) in [6.07, 6.45) is 0.825. The molecule has 0 atom stereocenters. The summed E-state index contributed by atoms with van der Waals surface area (Å²) < 4.78 is 2.81. The van der Waals surface area contributed by atoms with Crippen molar-refractivity contribution >= 4 is 15.9 Å². The van der Waals surface area contributed by atoms with Crippen LogP contribution >= 0.6 is 15.9 Å². The zero-order valence-corrected chi connectivity index (χ0v) is 9.91. The summed E-state index contributed by atoms with van der Waals surface area (Å²) in [5, 5.41) is 2.78. The summed E-state index contributed by atoms with van der Waals surface area (Å²) in [6.45, 7) is 2.02. The summed E-state index contributed by atoms with van der Waals surface area (Å²) in [7, 11) is 0.